The Morgan fingerprint density at radius 1 is 1.18 bits per heavy atom. The average molecular weight is 563 g/mol. The molecule has 1 unspecified atom stereocenters. The van der Waals surface area contributed by atoms with Crippen LogP contribution in [0, 0.1) is 19.7 Å². The SMILES string of the molecule is CCNC(=NCc1c(C)nn(-c2ccccc2)c1C)NC1CCN(c2ncccc2F)C1.I. The second-order valence-corrected chi connectivity index (χ2v) is 7.98. The van der Waals surface area contributed by atoms with Gasteiger partial charge >= 0.3 is 0 Å². The Balaban J connectivity index is 0.00000306. The van der Waals surface area contributed by atoms with Crippen molar-refractivity contribution in [3.8, 4) is 5.69 Å². The van der Waals surface area contributed by atoms with Gasteiger partial charge in [-0.2, -0.15) is 5.10 Å². The molecule has 9 heteroatoms. The predicted molar refractivity (Wildman–Crippen MR) is 141 cm³/mol. The van der Waals surface area contributed by atoms with E-state index in [0.29, 0.717) is 18.9 Å². The topological polar surface area (TPSA) is 70.4 Å². The van der Waals surface area contributed by atoms with Gasteiger partial charge in [-0.3, -0.25) is 0 Å². The first-order chi connectivity index (χ1) is 15.6. The molecule has 4 rings (SSSR count). The van der Waals surface area contributed by atoms with E-state index < -0.39 is 0 Å². The van der Waals surface area contributed by atoms with Crippen molar-refractivity contribution in [1.29, 1.82) is 0 Å². The van der Waals surface area contributed by atoms with E-state index in [1.165, 1.54) is 6.07 Å². The largest absolute Gasteiger partial charge is 0.357 e. The molecule has 0 radical (unpaired) electrons. The van der Waals surface area contributed by atoms with E-state index in [-0.39, 0.29) is 35.8 Å². The van der Waals surface area contributed by atoms with Gasteiger partial charge in [-0.05, 0) is 51.5 Å². The average Bonchev–Trinajstić information content (AvgIpc) is 3.37. The number of rotatable bonds is 6. The van der Waals surface area contributed by atoms with Gasteiger partial charge in [0.05, 0.1) is 17.9 Å². The molecule has 33 heavy (non-hydrogen) atoms. The number of halogens is 2. The fourth-order valence-corrected chi connectivity index (χ4v) is 4.08. The molecule has 3 heterocycles. The van der Waals surface area contributed by atoms with Crippen molar-refractivity contribution in [2.24, 2.45) is 4.99 Å². The predicted octanol–water partition coefficient (Wildman–Crippen LogP) is 3.98. The summed E-state index contributed by atoms with van der Waals surface area (Å²) in [6, 6.07) is 13.4. The molecule has 1 fully saturated rings. The van der Waals surface area contributed by atoms with Crippen LogP contribution in [0.2, 0.25) is 0 Å². The lowest BCUT2D eigenvalue weighted by Crippen LogP contribution is -2.44. The second kappa shape index (κ2) is 11.4. The first kappa shape index (κ1) is 24.9. The number of para-hydroxylation sites is 1. The van der Waals surface area contributed by atoms with Gasteiger partial charge in [0.2, 0.25) is 0 Å². The highest BCUT2D eigenvalue weighted by molar-refractivity contribution is 14.0. The summed E-state index contributed by atoms with van der Waals surface area (Å²) in [7, 11) is 0. The number of hydrogen-bond acceptors (Lipinski definition) is 4. The Hall–Kier alpha value is -2.69. The molecule has 1 atom stereocenters. The van der Waals surface area contributed by atoms with Crippen LogP contribution in [0.4, 0.5) is 10.2 Å². The summed E-state index contributed by atoms with van der Waals surface area (Å²) < 4.78 is 16.1. The third-order valence-corrected chi connectivity index (χ3v) is 5.75. The zero-order valence-corrected chi connectivity index (χ0v) is 21.6. The molecule has 0 spiro atoms. The van der Waals surface area contributed by atoms with E-state index in [1.54, 1.807) is 12.3 Å². The number of hydrogen-bond donors (Lipinski definition) is 2. The van der Waals surface area contributed by atoms with Crippen molar-refractivity contribution in [3.63, 3.8) is 0 Å². The van der Waals surface area contributed by atoms with E-state index in [4.69, 9.17) is 10.1 Å². The standard InChI is InChI=1S/C24H30FN7.HI/c1-4-26-24(29-19-12-14-31(16-19)23-22(25)11-8-13-27-23)28-15-21-17(2)30-32(18(21)3)20-9-6-5-7-10-20;/h5-11,13,19H,4,12,14-16H2,1-3H3,(H2,26,28,29);1H. The summed E-state index contributed by atoms with van der Waals surface area (Å²) in [6.07, 6.45) is 2.52. The monoisotopic (exact) mass is 563 g/mol. The Labute approximate surface area is 211 Å². The van der Waals surface area contributed by atoms with E-state index in [0.717, 1.165) is 48.1 Å². The molecular formula is C24H31FIN7. The van der Waals surface area contributed by atoms with Crippen LogP contribution in [0.15, 0.2) is 53.7 Å². The maximum Gasteiger partial charge on any atom is 0.191 e. The normalized spacial score (nSPS) is 15.9. The Morgan fingerprint density at radius 3 is 2.70 bits per heavy atom. The summed E-state index contributed by atoms with van der Waals surface area (Å²) in [6.45, 7) is 8.88. The zero-order chi connectivity index (χ0) is 22.5. The Bertz CT molecular complexity index is 1080. The van der Waals surface area contributed by atoms with Gasteiger partial charge in [0.1, 0.15) is 0 Å². The summed E-state index contributed by atoms with van der Waals surface area (Å²) >= 11 is 0. The van der Waals surface area contributed by atoms with Crippen LogP contribution in [-0.2, 0) is 6.54 Å². The lowest BCUT2D eigenvalue weighted by molar-refractivity contribution is 0.612. The fraction of sp³-hybridized carbons (Fsp3) is 0.375. The molecule has 0 aliphatic carbocycles. The fourth-order valence-electron chi connectivity index (χ4n) is 4.08. The maximum atomic E-state index is 14.1. The maximum absolute atomic E-state index is 14.1. The van der Waals surface area contributed by atoms with Gasteiger partial charge in [0.25, 0.3) is 0 Å². The van der Waals surface area contributed by atoms with Gasteiger partial charge in [0, 0.05) is 43.1 Å². The molecule has 7 nitrogen and oxygen atoms in total. The number of aliphatic imine (C=N–C) groups is 1. The highest BCUT2D eigenvalue weighted by Crippen LogP contribution is 2.21. The number of aromatic nitrogens is 3. The molecule has 2 aromatic heterocycles. The number of guanidine groups is 1. The van der Waals surface area contributed by atoms with Crippen LogP contribution in [0.5, 0.6) is 0 Å². The number of benzene rings is 1. The smallest absolute Gasteiger partial charge is 0.191 e. The van der Waals surface area contributed by atoms with Gasteiger partial charge in [0.15, 0.2) is 17.6 Å². The van der Waals surface area contributed by atoms with Crippen LogP contribution < -0.4 is 15.5 Å². The first-order valence-electron chi connectivity index (χ1n) is 11.1. The van der Waals surface area contributed by atoms with Crippen LogP contribution in [-0.4, -0.2) is 46.4 Å². The number of anilines is 1. The lowest BCUT2D eigenvalue weighted by atomic mass is 10.2. The minimum absolute atomic E-state index is 0. The summed E-state index contributed by atoms with van der Waals surface area (Å²) in [5.74, 6) is 0.889. The van der Waals surface area contributed by atoms with Gasteiger partial charge in [-0.1, -0.05) is 18.2 Å². The number of pyridine rings is 1. The highest BCUT2D eigenvalue weighted by Gasteiger charge is 2.26. The lowest BCUT2D eigenvalue weighted by Gasteiger charge is -2.20. The molecule has 0 saturated carbocycles. The van der Waals surface area contributed by atoms with Crippen LogP contribution in [0.1, 0.15) is 30.3 Å². The minimum atomic E-state index is -0.282. The van der Waals surface area contributed by atoms with Gasteiger partial charge in [-0.15, -0.1) is 24.0 Å². The Morgan fingerprint density at radius 2 is 1.97 bits per heavy atom. The molecule has 1 aliphatic rings. The number of nitrogens with one attached hydrogen (secondary N) is 2. The highest BCUT2D eigenvalue weighted by atomic mass is 127. The van der Waals surface area contributed by atoms with Gasteiger partial charge < -0.3 is 15.5 Å². The first-order valence-corrected chi connectivity index (χ1v) is 11.1. The van der Waals surface area contributed by atoms with Crippen LogP contribution in [0.3, 0.4) is 0 Å². The molecular weight excluding hydrogens is 532 g/mol. The quantitative estimate of drug-likeness (QED) is 0.270. The molecule has 2 N–H and O–H groups in total. The molecule has 1 saturated heterocycles. The number of nitrogens with zero attached hydrogens (tertiary/aromatic N) is 5. The van der Waals surface area contributed by atoms with Crippen LogP contribution in [0.25, 0.3) is 5.69 Å². The third kappa shape index (κ3) is 5.82. The molecule has 0 amide bonds. The molecule has 1 aliphatic heterocycles. The van der Waals surface area contributed by atoms with Crippen molar-refractivity contribution < 1.29 is 4.39 Å². The third-order valence-electron chi connectivity index (χ3n) is 5.75. The molecule has 0 bridgehead atoms. The van der Waals surface area contributed by atoms with Crippen LogP contribution >= 0.6 is 24.0 Å². The number of aryl methyl sites for hydroxylation is 1. The Kier molecular flexibility index (Phi) is 8.65. The van der Waals surface area contributed by atoms with E-state index in [9.17, 15) is 4.39 Å². The molecule has 176 valence electrons. The second-order valence-electron chi connectivity index (χ2n) is 7.98. The van der Waals surface area contributed by atoms with Crippen molar-refractivity contribution >= 4 is 35.8 Å². The van der Waals surface area contributed by atoms with Gasteiger partial charge in [-0.25, -0.2) is 19.0 Å². The van der Waals surface area contributed by atoms with E-state index in [2.05, 4.69) is 22.5 Å². The summed E-state index contributed by atoms with van der Waals surface area (Å²) in [5.41, 5.74) is 4.23. The van der Waals surface area contributed by atoms with Crippen molar-refractivity contribution in [3.05, 3.63) is 71.4 Å². The summed E-state index contributed by atoms with van der Waals surface area (Å²) in [4.78, 5) is 11.0. The molecule has 1 aromatic carbocycles. The minimum Gasteiger partial charge on any atom is -0.357 e. The molecule has 3 aromatic rings. The van der Waals surface area contributed by atoms with E-state index >= 15 is 0 Å². The van der Waals surface area contributed by atoms with E-state index in [1.807, 2.05) is 53.8 Å². The van der Waals surface area contributed by atoms with Crippen molar-refractivity contribution in [2.45, 2.75) is 39.8 Å². The summed E-state index contributed by atoms with van der Waals surface area (Å²) in [5, 5.41) is 11.5. The zero-order valence-electron chi connectivity index (χ0n) is 19.3. The van der Waals surface area contributed by atoms with Crippen molar-refractivity contribution in [1.82, 2.24) is 25.4 Å². The van der Waals surface area contributed by atoms with Crippen molar-refractivity contribution in [2.75, 3.05) is 24.5 Å².